The van der Waals surface area contributed by atoms with Crippen LogP contribution in [-0.4, -0.2) is 70.4 Å². The zero-order valence-corrected chi connectivity index (χ0v) is 36.2. The highest BCUT2D eigenvalue weighted by Gasteiger charge is 2.28. The fourth-order valence-corrected chi connectivity index (χ4v) is 6.18. The number of carbonyl (C=O) groups is 2. The molecule has 0 aromatic heterocycles. The van der Waals surface area contributed by atoms with Gasteiger partial charge in [-0.1, -0.05) is 125 Å². The molecule has 4 N–H and O–H groups in total. The molecule has 0 aromatic carbocycles. The van der Waals surface area contributed by atoms with Crippen molar-refractivity contribution in [3.63, 3.8) is 0 Å². The summed E-state index contributed by atoms with van der Waals surface area (Å²) < 4.78 is 47.7. The number of unbranched alkanes of at least 4 members (excludes halogenated alkanes) is 10. The summed E-state index contributed by atoms with van der Waals surface area (Å²) in [5.41, 5.74) is 0. The molecule has 0 rings (SSSR count). The van der Waals surface area contributed by atoms with Crippen LogP contribution in [0.1, 0.15) is 142 Å². The van der Waals surface area contributed by atoms with E-state index in [1.165, 1.54) is 0 Å². The second kappa shape index (κ2) is 37.8. The molecule has 0 heterocycles. The first-order valence-electron chi connectivity index (χ1n) is 20.6. The van der Waals surface area contributed by atoms with Crippen molar-refractivity contribution >= 4 is 27.6 Å². The van der Waals surface area contributed by atoms with E-state index in [-0.39, 0.29) is 12.8 Å². The van der Waals surface area contributed by atoms with Crippen LogP contribution in [0.5, 0.6) is 0 Å². The molecular weight excluding hydrogens is 774 g/mol. The summed E-state index contributed by atoms with van der Waals surface area (Å²) >= 11 is 0. The third kappa shape index (κ3) is 41.5. The van der Waals surface area contributed by atoms with E-state index in [1.54, 1.807) is 0 Å². The number of hydrogen-bond donors (Lipinski definition) is 4. The maximum Gasteiger partial charge on any atom is 0.472 e. The Kier molecular flexibility index (Phi) is 36.2. The van der Waals surface area contributed by atoms with Gasteiger partial charge in [-0.2, -0.15) is 0 Å². The van der Waals surface area contributed by atoms with E-state index in [2.05, 4.69) is 95.8 Å². The predicted octanol–water partition coefficient (Wildman–Crippen LogP) is 10.2. The van der Waals surface area contributed by atoms with E-state index in [0.717, 1.165) is 103 Å². The normalized spacial score (nSPS) is 14.8. The molecule has 0 radical (unpaired) electrons. The molecule has 13 nitrogen and oxygen atoms in total. The van der Waals surface area contributed by atoms with Crippen LogP contribution in [0.15, 0.2) is 72.9 Å². The minimum absolute atomic E-state index is 0.104. The molecule has 0 aliphatic heterocycles. The Hall–Kier alpha value is -2.44. The molecule has 328 valence electrons. The molecule has 15 heteroatoms. The van der Waals surface area contributed by atoms with E-state index in [0.29, 0.717) is 12.8 Å². The van der Waals surface area contributed by atoms with E-state index in [9.17, 15) is 28.7 Å². The lowest BCUT2D eigenvalue weighted by atomic mass is 10.1. The second-order valence-electron chi connectivity index (χ2n) is 13.5. The SMILES string of the molecule is CCC=CCC=CCC=CCCCCCCCC(=O)OCC(COP(=O)(O)OCC(O)COP(=O)(O)O)OC(=O)CCCCCCCC=CCC=CCC=CCC. The zero-order valence-electron chi connectivity index (χ0n) is 34.4. The van der Waals surface area contributed by atoms with Crippen molar-refractivity contribution in [3.8, 4) is 0 Å². The first kappa shape index (κ1) is 54.6. The van der Waals surface area contributed by atoms with Crippen LogP contribution < -0.4 is 0 Å². The number of phosphoric acid groups is 2. The molecule has 0 aliphatic rings. The number of aliphatic hydroxyl groups is 1. The van der Waals surface area contributed by atoms with Gasteiger partial charge < -0.3 is 29.3 Å². The average Bonchev–Trinajstić information content (AvgIpc) is 3.17. The fourth-order valence-electron chi connectivity index (χ4n) is 5.02. The average molecular weight is 847 g/mol. The van der Waals surface area contributed by atoms with Gasteiger partial charge in [0.2, 0.25) is 0 Å². The summed E-state index contributed by atoms with van der Waals surface area (Å²) in [4.78, 5) is 52.6. The monoisotopic (exact) mass is 846 g/mol. The van der Waals surface area contributed by atoms with E-state index in [1.807, 2.05) is 0 Å². The van der Waals surface area contributed by atoms with Gasteiger partial charge in [-0.15, -0.1) is 0 Å². The molecule has 3 unspecified atom stereocenters. The van der Waals surface area contributed by atoms with E-state index in [4.69, 9.17) is 23.8 Å². The molecular formula is C42H72O13P2. The summed E-state index contributed by atoms with van der Waals surface area (Å²) in [5.74, 6) is -1.08. The number of ether oxygens (including phenoxy) is 2. The highest BCUT2D eigenvalue weighted by atomic mass is 31.2. The Balaban J connectivity index is 4.61. The van der Waals surface area contributed by atoms with Crippen LogP contribution in [0.25, 0.3) is 0 Å². The van der Waals surface area contributed by atoms with Gasteiger partial charge in [-0.25, -0.2) is 9.13 Å². The first-order valence-corrected chi connectivity index (χ1v) is 23.7. The lowest BCUT2D eigenvalue weighted by Gasteiger charge is -2.20. The third-order valence-electron chi connectivity index (χ3n) is 8.08. The topological polar surface area (TPSA) is 195 Å². The molecule has 0 amide bonds. The van der Waals surface area contributed by atoms with Crippen molar-refractivity contribution < 1.29 is 61.6 Å². The van der Waals surface area contributed by atoms with Gasteiger partial charge in [-0.05, 0) is 77.0 Å². The number of rotatable bonds is 38. The number of esters is 2. The number of allylic oxidation sites excluding steroid dienone is 12. The summed E-state index contributed by atoms with van der Waals surface area (Å²) in [7, 11) is -9.68. The summed E-state index contributed by atoms with van der Waals surface area (Å²) in [6, 6.07) is 0. The zero-order chi connectivity index (χ0) is 42.3. The highest BCUT2D eigenvalue weighted by molar-refractivity contribution is 7.47. The molecule has 0 bridgehead atoms. The number of hydrogen-bond acceptors (Lipinski definition) is 10. The molecule has 3 atom stereocenters. The van der Waals surface area contributed by atoms with Gasteiger partial charge in [0.25, 0.3) is 0 Å². The van der Waals surface area contributed by atoms with Gasteiger partial charge in [0.05, 0.1) is 19.8 Å². The Morgan fingerprint density at radius 3 is 1.40 bits per heavy atom. The summed E-state index contributed by atoms with van der Waals surface area (Å²) in [6.45, 7) is 1.48. The molecule has 0 saturated carbocycles. The highest BCUT2D eigenvalue weighted by Crippen LogP contribution is 2.43. The lowest BCUT2D eigenvalue weighted by molar-refractivity contribution is -0.161. The first-order chi connectivity index (χ1) is 27.4. The Morgan fingerprint density at radius 2 is 0.912 bits per heavy atom. The Labute approximate surface area is 342 Å². The van der Waals surface area contributed by atoms with Crippen LogP contribution in [0.4, 0.5) is 0 Å². The molecule has 0 aromatic rings. The van der Waals surface area contributed by atoms with Crippen molar-refractivity contribution in [3.05, 3.63) is 72.9 Å². The Morgan fingerprint density at radius 1 is 0.509 bits per heavy atom. The minimum atomic E-state index is -4.87. The number of phosphoric ester groups is 2. The van der Waals surface area contributed by atoms with Crippen molar-refractivity contribution in [1.29, 1.82) is 0 Å². The molecule has 0 saturated heterocycles. The fraction of sp³-hybridized carbons (Fsp3) is 0.667. The number of carbonyl (C=O) groups excluding carboxylic acids is 2. The lowest BCUT2D eigenvalue weighted by Crippen LogP contribution is -2.30. The van der Waals surface area contributed by atoms with Crippen LogP contribution in [0, 0.1) is 0 Å². The summed E-state index contributed by atoms with van der Waals surface area (Å²) in [5, 5.41) is 9.73. The van der Waals surface area contributed by atoms with Crippen molar-refractivity contribution in [2.24, 2.45) is 0 Å². The van der Waals surface area contributed by atoms with Gasteiger partial charge >= 0.3 is 27.6 Å². The van der Waals surface area contributed by atoms with Crippen LogP contribution in [0.3, 0.4) is 0 Å². The molecule has 57 heavy (non-hydrogen) atoms. The smallest absolute Gasteiger partial charge is 0.462 e. The van der Waals surface area contributed by atoms with Crippen LogP contribution in [-0.2, 0) is 41.8 Å². The maximum absolute atomic E-state index is 12.6. The van der Waals surface area contributed by atoms with Gasteiger partial charge in [-0.3, -0.25) is 23.2 Å². The van der Waals surface area contributed by atoms with Crippen molar-refractivity contribution in [2.45, 2.75) is 154 Å². The predicted molar refractivity (Wildman–Crippen MR) is 225 cm³/mol. The quantitative estimate of drug-likeness (QED) is 0.0199. The van der Waals surface area contributed by atoms with Gasteiger partial charge in [0, 0.05) is 12.8 Å². The molecule has 0 aliphatic carbocycles. The van der Waals surface area contributed by atoms with Gasteiger partial charge in [0.1, 0.15) is 12.7 Å². The van der Waals surface area contributed by atoms with Crippen molar-refractivity contribution in [2.75, 3.05) is 26.4 Å². The third-order valence-corrected chi connectivity index (χ3v) is 9.52. The largest absolute Gasteiger partial charge is 0.472 e. The second-order valence-corrected chi connectivity index (χ2v) is 16.2. The molecule has 0 spiro atoms. The standard InChI is InChI=1S/C42H72O13P2/c1-3-5-7-9-11-13-15-17-19-21-23-25-27-29-31-33-41(44)51-37-40(38-54-57(49,50)53-36-39(43)35-52-56(46,47)48)55-42(45)34-32-30-28-26-24-22-20-18-16-14-12-10-8-6-4-2/h5-8,11-14,17-20,39-40,43H,3-4,9-10,15-16,21-38H2,1-2H3,(H,49,50)(H2,46,47,48). The van der Waals surface area contributed by atoms with Gasteiger partial charge in [0.15, 0.2) is 6.10 Å². The van der Waals surface area contributed by atoms with E-state index < -0.39 is 66.2 Å². The maximum atomic E-state index is 12.6. The molecule has 0 fully saturated rings. The Bertz CT molecular complexity index is 1290. The summed E-state index contributed by atoms with van der Waals surface area (Å²) in [6.07, 6.45) is 40.4. The van der Waals surface area contributed by atoms with Crippen LogP contribution >= 0.6 is 15.6 Å². The van der Waals surface area contributed by atoms with Crippen molar-refractivity contribution in [1.82, 2.24) is 0 Å². The van der Waals surface area contributed by atoms with Crippen LogP contribution in [0.2, 0.25) is 0 Å². The van der Waals surface area contributed by atoms with E-state index >= 15 is 0 Å². The minimum Gasteiger partial charge on any atom is -0.462 e. The number of aliphatic hydroxyl groups excluding tert-OH is 1.